The van der Waals surface area contributed by atoms with Crippen LogP contribution in [0.5, 0.6) is 0 Å². The summed E-state index contributed by atoms with van der Waals surface area (Å²) in [5, 5.41) is 0. The number of para-hydroxylation sites is 1. The molecule has 2 aromatic carbocycles. The number of anilines is 1. The van der Waals surface area contributed by atoms with E-state index in [2.05, 4.69) is 149 Å². The number of rotatable bonds is 9. The van der Waals surface area contributed by atoms with Crippen LogP contribution in [-0.4, -0.2) is 17.0 Å². The van der Waals surface area contributed by atoms with E-state index < -0.39 is 0 Å². The minimum absolute atomic E-state index is 0.471. The molecule has 6 atom stereocenters. The monoisotopic (exact) mass is 975 g/mol. The van der Waals surface area contributed by atoms with Gasteiger partial charge in [-0.3, -0.25) is 0 Å². The van der Waals surface area contributed by atoms with Crippen molar-refractivity contribution in [3.63, 3.8) is 0 Å². The van der Waals surface area contributed by atoms with Crippen molar-refractivity contribution >= 4 is 5.69 Å². The zero-order valence-corrected chi connectivity index (χ0v) is 44.5. The maximum absolute atomic E-state index is 2.89. The number of allylic oxidation sites excluding steroid dienone is 24. The van der Waals surface area contributed by atoms with Crippen molar-refractivity contribution in [3.8, 4) is 0 Å². The molecule has 0 radical (unpaired) electrons. The molecule has 6 unspecified atom stereocenters. The Morgan fingerprint density at radius 3 is 2.27 bits per heavy atom. The zero-order chi connectivity index (χ0) is 49.0. The lowest BCUT2D eigenvalue weighted by Gasteiger charge is -2.41. The van der Waals surface area contributed by atoms with Gasteiger partial charge in [0, 0.05) is 46.6 Å². The SMILES string of the molecule is C1=CC(C2=CC(C3CCC(N4C5=CCC(C6=CC7=C(CC6)N(C6=CC=C(C8=CC(c9ccccc9)CC(C9CCCCC9)=C8)CC6)C6C=CCCC76)CC5c5ccccc54)CC3)CC(C3=CCCCC3)=C2)=CCC1. The molecule has 0 saturated heterocycles. The molecular formula is C72H82N2. The number of fused-ring (bicyclic) bond motifs is 5. The maximum Gasteiger partial charge on any atom is 0.0585 e. The van der Waals surface area contributed by atoms with Crippen molar-refractivity contribution in [2.75, 3.05) is 4.90 Å². The van der Waals surface area contributed by atoms with E-state index in [9.17, 15) is 0 Å². The second-order valence-electron chi connectivity index (χ2n) is 25.0. The smallest absolute Gasteiger partial charge is 0.0585 e. The fourth-order valence-corrected chi connectivity index (χ4v) is 17.0. The lowest BCUT2D eigenvalue weighted by atomic mass is 9.71. The molecule has 0 amide bonds. The van der Waals surface area contributed by atoms with Gasteiger partial charge in [0.15, 0.2) is 0 Å². The van der Waals surface area contributed by atoms with Gasteiger partial charge in [0.05, 0.1) is 6.04 Å². The van der Waals surface area contributed by atoms with E-state index in [4.69, 9.17) is 0 Å². The van der Waals surface area contributed by atoms with Gasteiger partial charge in [0.2, 0.25) is 0 Å². The van der Waals surface area contributed by atoms with Gasteiger partial charge in [-0.05, 0) is 227 Å². The summed E-state index contributed by atoms with van der Waals surface area (Å²) in [6.07, 6.45) is 68.2. The Labute approximate surface area is 445 Å². The number of benzene rings is 2. The van der Waals surface area contributed by atoms with Crippen molar-refractivity contribution in [1.29, 1.82) is 0 Å². The Balaban J connectivity index is 0.692. The van der Waals surface area contributed by atoms with Crippen molar-refractivity contribution in [3.05, 3.63) is 218 Å². The van der Waals surface area contributed by atoms with Gasteiger partial charge in [-0.15, -0.1) is 0 Å². The van der Waals surface area contributed by atoms with Gasteiger partial charge >= 0.3 is 0 Å². The lowest BCUT2D eigenvalue weighted by molar-refractivity contribution is 0.259. The zero-order valence-electron chi connectivity index (χ0n) is 44.5. The second kappa shape index (κ2) is 20.7. The molecular weight excluding hydrogens is 893 g/mol. The van der Waals surface area contributed by atoms with Crippen LogP contribution in [0.25, 0.3) is 0 Å². The molecule has 0 bridgehead atoms. The summed E-state index contributed by atoms with van der Waals surface area (Å²) in [5.41, 5.74) is 24.0. The molecule has 10 aliphatic carbocycles. The van der Waals surface area contributed by atoms with Crippen molar-refractivity contribution in [2.45, 2.75) is 184 Å². The standard InChI is InChI=1S/C72H82N2/c1-5-17-49(18-6-1)57-41-58(50-19-7-2-8-20-50)44-61(43-57)53-29-35-63(36-30-53)73-69-27-15-13-25-65(69)67-47-55(33-39-71(67)73)56-34-40-72-68(48-56)66-26-14-16-28-70(66)74(72)64-37-31-54(32-38-64)62-45-59(51-21-9-3-10-22-51)42-60(46-62)52-23-11-4-12-24-52/h1,5-6,9,14-18,21-23,26-29,35,40,42-45,47,50,54,56-57,62,64-65,68-69H,2-4,7-8,10-13,19-20,24-25,30-34,36-39,41,46,48H2. The lowest BCUT2D eigenvalue weighted by Crippen LogP contribution is -2.38. The first kappa shape index (κ1) is 47.1. The maximum atomic E-state index is 2.89. The molecule has 0 N–H and O–H groups in total. The molecule has 2 aromatic rings. The predicted octanol–water partition coefficient (Wildman–Crippen LogP) is 18.9. The second-order valence-corrected chi connectivity index (χ2v) is 25.0. The van der Waals surface area contributed by atoms with Crippen LogP contribution < -0.4 is 4.90 Å². The van der Waals surface area contributed by atoms with Crippen LogP contribution in [0.15, 0.2) is 207 Å². The highest BCUT2D eigenvalue weighted by atomic mass is 15.2. The first-order valence-electron chi connectivity index (χ1n) is 30.5. The van der Waals surface area contributed by atoms with Crippen LogP contribution in [-0.2, 0) is 0 Å². The van der Waals surface area contributed by atoms with Gasteiger partial charge in [-0.25, -0.2) is 0 Å². The summed E-state index contributed by atoms with van der Waals surface area (Å²) in [4.78, 5) is 5.75. The van der Waals surface area contributed by atoms with Crippen LogP contribution in [0.3, 0.4) is 0 Å². The summed E-state index contributed by atoms with van der Waals surface area (Å²) in [6, 6.07) is 22.1. The average Bonchev–Trinajstić information content (AvgIpc) is 4.02. The predicted molar refractivity (Wildman–Crippen MR) is 309 cm³/mol. The molecule has 2 heterocycles. The summed E-state index contributed by atoms with van der Waals surface area (Å²) in [5.74, 6) is 4.44. The minimum atomic E-state index is 0.471. The van der Waals surface area contributed by atoms with Crippen LogP contribution in [0, 0.1) is 29.6 Å². The Morgan fingerprint density at radius 2 is 1.43 bits per heavy atom. The van der Waals surface area contributed by atoms with Crippen LogP contribution in [0.4, 0.5) is 5.69 Å². The summed E-state index contributed by atoms with van der Waals surface area (Å²) < 4.78 is 0. The number of nitrogens with zero attached hydrogens (tertiary/aromatic N) is 2. The van der Waals surface area contributed by atoms with Gasteiger partial charge < -0.3 is 9.80 Å². The summed E-state index contributed by atoms with van der Waals surface area (Å²) in [6.45, 7) is 0. The Kier molecular flexibility index (Phi) is 13.2. The van der Waals surface area contributed by atoms with Crippen LogP contribution in [0.1, 0.15) is 183 Å². The molecule has 380 valence electrons. The third-order valence-electron chi connectivity index (χ3n) is 20.8. The van der Waals surface area contributed by atoms with E-state index in [0.29, 0.717) is 41.7 Å². The molecule has 2 heteroatoms. The molecule has 2 saturated carbocycles. The van der Waals surface area contributed by atoms with Crippen molar-refractivity contribution in [1.82, 2.24) is 4.90 Å². The number of hydrogen-bond acceptors (Lipinski definition) is 2. The van der Waals surface area contributed by atoms with E-state index in [1.165, 1.54) is 176 Å². The third kappa shape index (κ3) is 9.00. The molecule has 2 fully saturated rings. The molecule has 74 heavy (non-hydrogen) atoms. The fraction of sp³-hybridized carbons (Fsp3) is 0.472. The minimum Gasteiger partial charge on any atom is -0.342 e. The van der Waals surface area contributed by atoms with E-state index in [0.717, 1.165) is 24.7 Å². The molecule has 12 aliphatic rings. The Hall–Kier alpha value is -5.34. The highest BCUT2D eigenvalue weighted by Crippen LogP contribution is 2.56. The normalized spacial score (nSPS) is 32.1. The average molecular weight is 975 g/mol. The quantitative estimate of drug-likeness (QED) is 0.231. The van der Waals surface area contributed by atoms with Gasteiger partial charge in [-0.1, -0.05) is 158 Å². The van der Waals surface area contributed by atoms with Gasteiger partial charge in [0.1, 0.15) is 0 Å². The molecule has 0 spiro atoms. The Morgan fingerprint density at radius 1 is 0.541 bits per heavy atom. The largest absolute Gasteiger partial charge is 0.342 e. The highest BCUT2D eigenvalue weighted by molar-refractivity contribution is 5.69. The third-order valence-corrected chi connectivity index (χ3v) is 20.8. The fourth-order valence-electron chi connectivity index (χ4n) is 17.0. The molecule has 2 nitrogen and oxygen atoms in total. The van der Waals surface area contributed by atoms with E-state index in [1.807, 2.05) is 0 Å². The number of hydrogen-bond donors (Lipinski definition) is 0. The molecule has 0 aromatic heterocycles. The van der Waals surface area contributed by atoms with Crippen LogP contribution >= 0.6 is 0 Å². The van der Waals surface area contributed by atoms with E-state index in [-0.39, 0.29) is 0 Å². The summed E-state index contributed by atoms with van der Waals surface area (Å²) >= 11 is 0. The van der Waals surface area contributed by atoms with Gasteiger partial charge in [0.25, 0.3) is 0 Å². The molecule has 2 aliphatic heterocycles. The molecule has 14 rings (SSSR count). The summed E-state index contributed by atoms with van der Waals surface area (Å²) in [7, 11) is 0. The van der Waals surface area contributed by atoms with E-state index in [1.54, 1.807) is 56.1 Å². The Bertz CT molecular complexity index is 2930. The highest BCUT2D eigenvalue weighted by Gasteiger charge is 2.45. The van der Waals surface area contributed by atoms with Crippen molar-refractivity contribution in [2.24, 2.45) is 29.6 Å². The van der Waals surface area contributed by atoms with Crippen molar-refractivity contribution < 1.29 is 0 Å². The van der Waals surface area contributed by atoms with Gasteiger partial charge in [-0.2, -0.15) is 0 Å². The first-order valence-corrected chi connectivity index (χ1v) is 30.5. The van der Waals surface area contributed by atoms with Crippen LogP contribution in [0.2, 0.25) is 0 Å². The topological polar surface area (TPSA) is 6.48 Å². The van der Waals surface area contributed by atoms with E-state index >= 15 is 0 Å². The first-order chi connectivity index (χ1) is 36.7.